The van der Waals surface area contributed by atoms with Crippen LogP contribution < -0.4 is 4.90 Å². The lowest BCUT2D eigenvalue weighted by Crippen LogP contribution is -2.10. The van der Waals surface area contributed by atoms with Crippen LogP contribution in [0.3, 0.4) is 0 Å². The Bertz CT molecular complexity index is 2420. The van der Waals surface area contributed by atoms with Gasteiger partial charge < -0.3 is 13.7 Å². The van der Waals surface area contributed by atoms with Crippen molar-refractivity contribution in [3.05, 3.63) is 133 Å². The Morgan fingerprint density at radius 1 is 0.524 bits per heavy atom. The summed E-state index contributed by atoms with van der Waals surface area (Å²) in [6.07, 6.45) is 0. The third kappa shape index (κ3) is 3.51. The van der Waals surface area contributed by atoms with E-state index >= 15 is 0 Å². The minimum absolute atomic E-state index is 0.857. The molecule has 0 spiro atoms. The first-order chi connectivity index (χ1) is 20.8. The third-order valence-electron chi connectivity index (χ3n) is 7.89. The molecule has 3 aromatic heterocycles. The zero-order chi connectivity index (χ0) is 27.6. The predicted octanol–water partition coefficient (Wildman–Crippen LogP) is 11.2. The van der Waals surface area contributed by atoms with Crippen LogP contribution in [0.25, 0.3) is 64.7 Å². The molecule has 9 rings (SSSR count). The lowest BCUT2D eigenvalue weighted by molar-refractivity contribution is 0.668. The Morgan fingerprint density at radius 3 is 2.07 bits per heavy atom. The highest BCUT2D eigenvalue weighted by molar-refractivity contribution is 7.22. The number of furan rings is 2. The molecule has 0 unspecified atom stereocenters. The maximum Gasteiger partial charge on any atom is 0.137 e. The monoisotopic (exact) mass is 558 g/mol. The maximum absolute atomic E-state index is 6.38. The molecule has 42 heavy (non-hydrogen) atoms. The van der Waals surface area contributed by atoms with Crippen molar-refractivity contribution < 1.29 is 8.83 Å². The highest BCUT2D eigenvalue weighted by Crippen LogP contribution is 2.45. The summed E-state index contributed by atoms with van der Waals surface area (Å²) in [5.41, 5.74) is 8.74. The molecule has 0 radical (unpaired) electrons. The summed E-state index contributed by atoms with van der Waals surface area (Å²) in [5, 5.41) is 5.36. The van der Waals surface area contributed by atoms with Gasteiger partial charge in [0, 0.05) is 33.1 Å². The molecule has 0 aliphatic carbocycles. The molecule has 0 atom stereocenters. The van der Waals surface area contributed by atoms with Gasteiger partial charge in [-0.25, -0.2) is 4.98 Å². The van der Waals surface area contributed by atoms with Gasteiger partial charge in [0.25, 0.3) is 0 Å². The summed E-state index contributed by atoms with van der Waals surface area (Å²) in [6, 6.07) is 45.9. The standard InChI is InChI=1S/C37H22N2O2S/c1-3-10-23(11-4-1)37-38-28-19-21-33-35(36(28)42-37)27-22-25(18-20-31(27)41-33)39(24-12-5-2-6-13-24)29-15-9-17-32-34(29)26-14-7-8-16-30(26)40-32/h1-22H. The van der Waals surface area contributed by atoms with E-state index in [4.69, 9.17) is 13.8 Å². The van der Waals surface area contributed by atoms with Gasteiger partial charge in [-0.15, -0.1) is 11.3 Å². The summed E-state index contributed by atoms with van der Waals surface area (Å²) in [7, 11) is 0. The van der Waals surface area contributed by atoms with Crippen molar-refractivity contribution in [3.63, 3.8) is 0 Å². The SMILES string of the molecule is c1ccc(-c2nc3ccc4oc5ccc(N(c6ccccc6)c6cccc7oc8ccccc8c67)cc5c4c3s2)cc1. The van der Waals surface area contributed by atoms with E-state index in [1.54, 1.807) is 11.3 Å². The highest BCUT2D eigenvalue weighted by Gasteiger charge is 2.21. The van der Waals surface area contributed by atoms with Crippen LogP contribution in [-0.2, 0) is 0 Å². The second-order valence-electron chi connectivity index (χ2n) is 10.4. The van der Waals surface area contributed by atoms with Crippen LogP contribution in [0.2, 0.25) is 0 Å². The van der Waals surface area contributed by atoms with Crippen LogP contribution >= 0.6 is 11.3 Å². The number of fused-ring (bicyclic) bond motifs is 8. The fourth-order valence-corrected chi connectivity index (χ4v) is 7.15. The van der Waals surface area contributed by atoms with E-state index in [-0.39, 0.29) is 0 Å². The molecule has 5 heteroatoms. The molecule has 0 saturated heterocycles. The van der Waals surface area contributed by atoms with Gasteiger partial charge in [-0.05, 0) is 60.7 Å². The van der Waals surface area contributed by atoms with Crippen molar-refractivity contribution in [2.75, 3.05) is 4.90 Å². The summed E-state index contributed by atoms with van der Waals surface area (Å²) in [4.78, 5) is 7.30. The van der Waals surface area contributed by atoms with Gasteiger partial charge in [0.05, 0.1) is 21.3 Å². The topological polar surface area (TPSA) is 42.4 Å². The van der Waals surface area contributed by atoms with E-state index in [1.165, 1.54) is 0 Å². The highest BCUT2D eigenvalue weighted by atomic mass is 32.1. The average molecular weight is 559 g/mol. The van der Waals surface area contributed by atoms with Gasteiger partial charge in [-0.3, -0.25) is 0 Å². The van der Waals surface area contributed by atoms with Gasteiger partial charge >= 0.3 is 0 Å². The Labute approximate surface area is 244 Å². The van der Waals surface area contributed by atoms with Crippen molar-refractivity contribution in [3.8, 4) is 10.6 Å². The molecular weight excluding hydrogens is 536 g/mol. The van der Waals surface area contributed by atoms with Crippen molar-refractivity contribution in [2.24, 2.45) is 0 Å². The quantitative estimate of drug-likeness (QED) is 0.215. The molecule has 6 aromatic carbocycles. The summed E-state index contributed by atoms with van der Waals surface area (Å²) >= 11 is 1.71. The largest absolute Gasteiger partial charge is 0.456 e. The molecule has 0 aliphatic rings. The fourth-order valence-electron chi connectivity index (χ4n) is 6.02. The molecule has 3 heterocycles. The van der Waals surface area contributed by atoms with Gasteiger partial charge in [0.1, 0.15) is 27.3 Å². The minimum atomic E-state index is 0.857. The van der Waals surface area contributed by atoms with E-state index < -0.39 is 0 Å². The van der Waals surface area contributed by atoms with Gasteiger partial charge in [0.2, 0.25) is 0 Å². The Hall–Kier alpha value is -5.39. The molecular formula is C37H22N2O2S. The number of nitrogens with zero attached hydrogens (tertiary/aromatic N) is 2. The fraction of sp³-hybridized carbons (Fsp3) is 0. The molecule has 0 fully saturated rings. The van der Waals surface area contributed by atoms with Crippen molar-refractivity contribution in [2.45, 2.75) is 0 Å². The first-order valence-corrected chi connectivity index (χ1v) is 14.7. The van der Waals surface area contributed by atoms with Crippen LogP contribution in [0.5, 0.6) is 0 Å². The van der Waals surface area contributed by atoms with E-state index in [0.29, 0.717) is 0 Å². The number of anilines is 3. The second-order valence-corrected chi connectivity index (χ2v) is 11.4. The van der Waals surface area contributed by atoms with E-state index in [9.17, 15) is 0 Å². The van der Waals surface area contributed by atoms with Crippen LogP contribution in [0.4, 0.5) is 17.1 Å². The number of hydrogen-bond donors (Lipinski definition) is 0. The number of rotatable bonds is 4. The first-order valence-electron chi connectivity index (χ1n) is 13.9. The molecule has 9 aromatic rings. The average Bonchev–Trinajstić information content (AvgIpc) is 3.75. The van der Waals surface area contributed by atoms with Gasteiger partial charge in [-0.1, -0.05) is 72.8 Å². The lowest BCUT2D eigenvalue weighted by atomic mass is 10.1. The van der Waals surface area contributed by atoms with Crippen molar-refractivity contribution in [1.29, 1.82) is 0 Å². The summed E-state index contributed by atoms with van der Waals surface area (Å²) in [5.74, 6) is 0. The maximum atomic E-state index is 6.38. The molecule has 0 aliphatic heterocycles. The summed E-state index contributed by atoms with van der Waals surface area (Å²) in [6.45, 7) is 0. The van der Waals surface area contributed by atoms with Gasteiger partial charge in [0.15, 0.2) is 0 Å². The Kier molecular flexibility index (Phi) is 5.03. The van der Waals surface area contributed by atoms with Crippen LogP contribution in [0, 0.1) is 0 Å². The molecule has 0 saturated carbocycles. The van der Waals surface area contributed by atoms with Crippen LogP contribution in [0.15, 0.2) is 142 Å². The molecule has 0 N–H and O–H groups in total. The van der Waals surface area contributed by atoms with Crippen LogP contribution in [0.1, 0.15) is 0 Å². The third-order valence-corrected chi connectivity index (χ3v) is 9.02. The molecule has 0 amide bonds. The Balaban J connectivity index is 1.31. The lowest BCUT2D eigenvalue weighted by Gasteiger charge is -2.26. The zero-order valence-electron chi connectivity index (χ0n) is 22.3. The summed E-state index contributed by atoms with van der Waals surface area (Å²) < 4.78 is 13.8. The van der Waals surface area contributed by atoms with Crippen LogP contribution in [-0.4, -0.2) is 4.98 Å². The Morgan fingerprint density at radius 2 is 1.21 bits per heavy atom. The number of thiazole rings is 1. The van der Waals surface area contributed by atoms with Gasteiger partial charge in [-0.2, -0.15) is 0 Å². The van der Waals surface area contributed by atoms with Crippen molar-refractivity contribution >= 4 is 82.5 Å². The van der Waals surface area contributed by atoms with E-state index in [0.717, 1.165) is 81.7 Å². The predicted molar refractivity (Wildman–Crippen MR) is 174 cm³/mol. The second kappa shape index (κ2) is 9.06. The zero-order valence-corrected chi connectivity index (χ0v) is 23.1. The van der Waals surface area contributed by atoms with E-state index in [1.807, 2.05) is 36.4 Å². The molecule has 0 bridgehead atoms. The van der Waals surface area contributed by atoms with Crippen molar-refractivity contribution in [1.82, 2.24) is 4.98 Å². The number of aromatic nitrogens is 1. The first kappa shape index (κ1) is 23.3. The number of hydrogen-bond acceptors (Lipinski definition) is 5. The number of para-hydroxylation sites is 2. The molecule has 4 nitrogen and oxygen atoms in total. The smallest absolute Gasteiger partial charge is 0.137 e. The number of benzene rings is 6. The normalized spacial score (nSPS) is 11.8. The minimum Gasteiger partial charge on any atom is -0.456 e. The molecule has 198 valence electrons. The van der Waals surface area contributed by atoms with E-state index in [2.05, 4.69) is 102 Å².